The molecule has 1 aliphatic rings. The highest BCUT2D eigenvalue weighted by molar-refractivity contribution is 5.19. The fraction of sp³-hybridized carbons (Fsp3) is 0.467. The zero-order chi connectivity index (χ0) is 12.3. The molecule has 0 aromatic heterocycles. The lowest BCUT2D eigenvalue weighted by molar-refractivity contribution is 0.379. The van der Waals surface area contributed by atoms with Crippen LogP contribution in [0, 0.1) is 5.41 Å². The minimum Gasteiger partial charge on any atom is -0.386 e. The van der Waals surface area contributed by atoms with Gasteiger partial charge in [0.15, 0.2) is 0 Å². The van der Waals surface area contributed by atoms with E-state index in [1.54, 1.807) is 0 Å². The van der Waals surface area contributed by atoms with E-state index in [-0.39, 0.29) is 5.41 Å². The number of hydrogen-bond donors (Lipinski definition) is 2. The molecule has 1 unspecified atom stereocenters. The van der Waals surface area contributed by atoms with Gasteiger partial charge in [0.25, 0.3) is 0 Å². The molecule has 0 amide bonds. The van der Waals surface area contributed by atoms with E-state index in [1.165, 1.54) is 18.4 Å². The Hall–Kier alpha value is -1.44. The lowest BCUT2D eigenvalue weighted by Crippen LogP contribution is -2.23. The van der Waals surface area contributed by atoms with Gasteiger partial charge in [-0.3, -0.25) is 0 Å². The summed E-state index contributed by atoms with van der Waals surface area (Å²) >= 11 is 0. The molecule has 2 heteroatoms. The summed E-state index contributed by atoms with van der Waals surface area (Å²) < 4.78 is 0. The first kappa shape index (κ1) is 12.0. The second-order valence-electron chi connectivity index (χ2n) is 5.46. The van der Waals surface area contributed by atoms with Crippen LogP contribution in [0.2, 0.25) is 0 Å². The third-order valence-corrected chi connectivity index (χ3v) is 3.72. The molecular formula is C15H22N2. The highest BCUT2D eigenvalue weighted by Gasteiger charge is 2.27. The van der Waals surface area contributed by atoms with Gasteiger partial charge in [0, 0.05) is 12.0 Å². The molecule has 0 bridgehead atoms. The maximum Gasteiger partial charge on any atom is 0.0925 e. The first-order chi connectivity index (χ1) is 8.09. The van der Waals surface area contributed by atoms with Crippen molar-refractivity contribution in [2.45, 2.75) is 32.6 Å². The van der Waals surface area contributed by atoms with Crippen LogP contribution in [-0.4, -0.2) is 6.54 Å². The molecular weight excluding hydrogens is 208 g/mol. The summed E-state index contributed by atoms with van der Waals surface area (Å²) in [4.78, 5) is 0. The van der Waals surface area contributed by atoms with E-state index in [1.807, 2.05) is 0 Å². The van der Waals surface area contributed by atoms with Crippen LogP contribution in [0.5, 0.6) is 0 Å². The molecule has 17 heavy (non-hydrogen) atoms. The Kier molecular flexibility index (Phi) is 3.41. The van der Waals surface area contributed by atoms with Crippen molar-refractivity contribution in [3.63, 3.8) is 0 Å². The molecule has 3 N–H and O–H groups in total. The normalized spacial score (nSPS) is 25.2. The van der Waals surface area contributed by atoms with Gasteiger partial charge < -0.3 is 11.1 Å². The molecule has 2 atom stereocenters. The van der Waals surface area contributed by atoms with Crippen molar-refractivity contribution in [1.82, 2.24) is 5.32 Å². The van der Waals surface area contributed by atoms with Crippen LogP contribution in [0.4, 0.5) is 0 Å². The van der Waals surface area contributed by atoms with Gasteiger partial charge in [0.1, 0.15) is 0 Å². The lowest BCUT2D eigenvalue weighted by Gasteiger charge is -2.23. The molecule has 1 aliphatic heterocycles. The molecule has 0 fully saturated rings. The SMILES string of the molecule is CC(CC[C@@]1(C)C=C(N)NC1)c1ccccc1. The number of benzene rings is 1. The highest BCUT2D eigenvalue weighted by Crippen LogP contribution is 2.32. The Balaban J connectivity index is 1.91. The van der Waals surface area contributed by atoms with Crippen LogP contribution < -0.4 is 11.1 Å². The second kappa shape index (κ2) is 4.82. The Morgan fingerprint density at radius 3 is 2.65 bits per heavy atom. The Labute approximate surface area is 104 Å². The predicted molar refractivity (Wildman–Crippen MR) is 72.5 cm³/mol. The van der Waals surface area contributed by atoms with Crippen LogP contribution in [-0.2, 0) is 0 Å². The minimum absolute atomic E-state index is 0.229. The lowest BCUT2D eigenvalue weighted by atomic mass is 9.83. The number of nitrogens with one attached hydrogen (secondary N) is 1. The maximum absolute atomic E-state index is 5.78. The topological polar surface area (TPSA) is 38.0 Å². The molecule has 2 rings (SSSR count). The molecule has 2 nitrogen and oxygen atoms in total. The van der Waals surface area contributed by atoms with Crippen molar-refractivity contribution >= 4 is 0 Å². The first-order valence-electron chi connectivity index (χ1n) is 6.36. The number of hydrogen-bond acceptors (Lipinski definition) is 2. The van der Waals surface area contributed by atoms with Crippen LogP contribution in [0.1, 0.15) is 38.2 Å². The van der Waals surface area contributed by atoms with Gasteiger partial charge in [0.2, 0.25) is 0 Å². The summed E-state index contributed by atoms with van der Waals surface area (Å²) in [6, 6.07) is 10.7. The standard InChI is InChI=1S/C15H22N2/c1-12(13-6-4-3-5-7-13)8-9-15(2)10-14(16)17-11-15/h3-7,10,12,17H,8-9,11,16H2,1-2H3/t12?,15-/m0/s1. The number of nitrogens with two attached hydrogens (primary N) is 1. The monoisotopic (exact) mass is 230 g/mol. The molecule has 0 radical (unpaired) electrons. The Bertz CT molecular complexity index is 397. The summed E-state index contributed by atoms with van der Waals surface area (Å²) in [6.07, 6.45) is 4.55. The average Bonchev–Trinajstić information content (AvgIpc) is 2.68. The van der Waals surface area contributed by atoms with Crippen molar-refractivity contribution in [2.24, 2.45) is 11.1 Å². The van der Waals surface area contributed by atoms with E-state index in [2.05, 4.69) is 55.6 Å². The molecule has 92 valence electrons. The van der Waals surface area contributed by atoms with Crippen molar-refractivity contribution in [3.05, 3.63) is 47.8 Å². The quantitative estimate of drug-likeness (QED) is 0.834. The van der Waals surface area contributed by atoms with Crippen molar-refractivity contribution in [1.29, 1.82) is 0 Å². The minimum atomic E-state index is 0.229. The zero-order valence-electron chi connectivity index (χ0n) is 10.7. The van der Waals surface area contributed by atoms with Crippen LogP contribution in [0.3, 0.4) is 0 Å². The summed E-state index contributed by atoms with van der Waals surface area (Å²) in [5.41, 5.74) is 7.44. The molecule has 0 spiro atoms. The van der Waals surface area contributed by atoms with E-state index in [9.17, 15) is 0 Å². The fourth-order valence-corrected chi connectivity index (χ4v) is 2.44. The molecule has 0 saturated heterocycles. The largest absolute Gasteiger partial charge is 0.386 e. The molecule has 0 saturated carbocycles. The smallest absolute Gasteiger partial charge is 0.0925 e. The summed E-state index contributed by atoms with van der Waals surface area (Å²) in [7, 11) is 0. The maximum atomic E-state index is 5.78. The Morgan fingerprint density at radius 1 is 1.35 bits per heavy atom. The van der Waals surface area contributed by atoms with Crippen molar-refractivity contribution in [2.75, 3.05) is 6.54 Å². The molecule has 1 heterocycles. The third kappa shape index (κ3) is 3.02. The molecule has 0 aliphatic carbocycles. The van der Waals surface area contributed by atoms with Gasteiger partial charge in [-0.25, -0.2) is 0 Å². The van der Waals surface area contributed by atoms with Gasteiger partial charge in [-0.05, 0) is 30.4 Å². The van der Waals surface area contributed by atoms with Crippen LogP contribution in [0.25, 0.3) is 0 Å². The van der Waals surface area contributed by atoms with Gasteiger partial charge in [0.05, 0.1) is 5.82 Å². The van der Waals surface area contributed by atoms with Gasteiger partial charge in [-0.15, -0.1) is 0 Å². The molecule has 1 aromatic carbocycles. The Morgan fingerprint density at radius 2 is 2.06 bits per heavy atom. The average molecular weight is 230 g/mol. The zero-order valence-corrected chi connectivity index (χ0v) is 10.7. The van der Waals surface area contributed by atoms with Crippen molar-refractivity contribution in [3.8, 4) is 0 Å². The third-order valence-electron chi connectivity index (χ3n) is 3.72. The summed E-state index contributed by atoms with van der Waals surface area (Å²) in [5, 5.41) is 3.21. The highest BCUT2D eigenvalue weighted by atomic mass is 15.0. The first-order valence-corrected chi connectivity index (χ1v) is 6.36. The number of rotatable bonds is 4. The van der Waals surface area contributed by atoms with E-state index in [0.717, 1.165) is 12.4 Å². The van der Waals surface area contributed by atoms with E-state index >= 15 is 0 Å². The van der Waals surface area contributed by atoms with Crippen LogP contribution >= 0.6 is 0 Å². The summed E-state index contributed by atoms with van der Waals surface area (Å²) in [6.45, 7) is 5.55. The van der Waals surface area contributed by atoms with Gasteiger partial charge >= 0.3 is 0 Å². The van der Waals surface area contributed by atoms with E-state index < -0.39 is 0 Å². The van der Waals surface area contributed by atoms with Gasteiger partial charge in [-0.2, -0.15) is 0 Å². The predicted octanol–water partition coefficient (Wildman–Crippen LogP) is 2.98. The fourth-order valence-electron chi connectivity index (χ4n) is 2.44. The van der Waals surface area contributed by atoms with Crippen LogP contribution in [0.15, 0.2) is 42.2 Å². The van der Waals surface area contributed by atoms with E-state index in [0.29, 0.717) is 5.92 Å². The van der Waals surface area contributed by atoms with E-state index in [4.69, 9.17) is 5.73 Å². The second-order valence-corrected chi connectivity index (χ2v) is 5.46. The molecule has 1 aromatic rings. The van der Waals surface area contributed by atoms with Crippen molar-refractivity contribution < 1.29 is 0 Å². The summed E-state index contributed by atoms with van der Waals surface area (Å²) in [5.74, 6) is 1.45. The van der Waals surface area contributed by atoms with Gasteiger partial charge in [-0.1, -0.05) is 44.2 Å².